The molecule has 1 aliphatic heterocycles. The Bertz CT molecular complexity index is 449. The number of rotatable bonds is 3. The second-order valence-corrected chi connectivity index (χ2v) is 4.96. The van der Waals surface area contributed by atoms with Gasteiger partial charge in [-0.05, 0) is 20.3 Å². The zero-order valence-electron chi connectivity index (χ0n) is 11.1. The quantitative estimate of drug-likeness (QED) is 0.794. The highest BCUT2D eigenvalue weighted by Gasteiger charge is 2.38. The summed E-state index contributed by atoms with van der Waals surface area (Å²) in [6, 6.07) is -0.104. The van der Waals surface area contributed by atoms with E-state index in [-0.39, 0.29) is 18.6 Å². The summed E-state index contributed by atoms with van der Waals surface area (Å²) >= 11 is 0. The summed E-state index contributed by atoms with van der Waals surface area (Å²) in [7, 11) is 1.88. The summed E-state index contributed by atoms with van der Waals surface area (Å²) in [6.45, 7) is 4.74. The summed E-state index contributed by atoms with van der Waals surface area (Å²) in [4.78, 5) is 12.1. The molecule has 2 heterocycles. The van der Waals surface area contributed by atoms with Gasteiger partial charge in [-0.3, -0.25) is 9.48 Å². The predicted molar refractivity (Wildman–Crippen MR) is 66.9 cm³/mol. The van der Waals surface area contributed by atoms with Crippen molar-refractivity contribution in [3.8, 4) is 0 Å². The molecule has 3 N–H and O–H groups in total. The molecule has 2 unspecified atom stereocenters. The van der Waals surface area contributed by atoms with Crippen molar-refractivity contribution in [3.63, 3.8) is 0 Å². The Morgan fingerprint density at radius 3 is 2.94 bits per heavy atom. The van der Waals surface area contributed by atoms with E-state index in [1.807, 2.05) is 20.9 Å². The first-order valence-electron chi connectivity index (χ1n) is 6.10. The van der Waals surface area contributed by atoms with Gasteiger partial charge >= 0.3 is 0 Å². The smallest absolute Gasteiger partial charge is 0.243 e. The van der Waals surface area contributed by atoms with Gasteiger partial charge in [0.25, 0.3) is 0 Å². The van der Waals surface area contributed by atoms with E-state index >= 15 is 0 Å². The number of carbonyl (C=O) groups is 1. The van der Waals surface area contributed by atoms with E-state index in [0.717, 1.165) is 11.3 Å². The first-order valence-corrected chi connectivity index (χ1v) is 6.10. The molecule has 1 aromatic rings. The molecule has 0 radical (unpaired) electrons. The number of nitrogens with one attached hydrogen (secondary N) is 1. The maximum atomic E-state index is 12.1. The largest absolute Gasteiger partial charge is 0.379 e. The van der Waals surface area contributed by atoms with Gasteiger partial charge in [0.1, 0.15) is 5.54 Å². The lowest BCUT2D eigenvalue weighted by Crippen LogP contribution is -2.54. The number of ether oxygens (including phenoxy) is 1. The number of hydrogen-bond donors (Lipinski definition) is 2. The van der Waals surface area contributed by atoms with Crippen LogP contribution in [0.4, 0.5) is 0 Å². The standard InChI is InChI=1S/C12H20N4O2/c1-8(10-6-14-16(3)9(10)2)15-11(17)12(13)4-5-18-7-12/h6,8H,4-5,7,13H2,1-3H3,(H,15,17). The summed E-state index contributed by atoms with van der Waals surface area (Å²) in [5.74, 6) is -0.157. The van der Waals surface area contributed by atoms with E-state index in [0.29, 0.717) is 13.0 Å². The molecule has 18 heavy (non-hydrogen) atoms. The zero-order chi connectivity index (χ0) is 13.3. The van der Waals surface area contributed by atoms with Gasteiger partial charge in [0, 0.05) is 24.9 Å². The lowest BCUT2D eigenvalue weighted by atomic mass is 9.98. The molecule has 0 saturated carbocycles. The fourth-order valence-electron chi connectivity index (χ4n) is 2.12. The van der Waals surface area contributed by atoms with Crippen LogP contribution in [0.2, 0.25) is 0 Å². The molecule has 1 fully saturated rings. The van der Waals surface area contributed by atoms with Gasteiger partial charge in [0.05, 0.1) is 18.8 Å². The molecule has 1 aromatic heterocycles. The Balaban J connectivity index is 2.05. The van der Waals surface area contributed by atoms with Gasteiger partial charge in [-0.15, -0.1) is 0 Å². The van der Waals surface area contributed by atoms with Crippen molar-refractivity contribution < 1.29 is 9.53 Å². The summed E-state index contributed by atoms with van der Waals surface area (Å²) in [6.07, 6.45) is 2.34. The van der Waals surface area contributed by atoms with E-state index in [4.69, 9.17) is 10.5 Å². The van der Waals surface area contributed by atoms with Gasteiger partial charge in [0.15, 0.2) is 0 Å². The third-order valence-electron chi connectivity index (χ3n) is 3.59. The number of aryl methyl sites for hydroxylation is 1. The van der Waals surface area contributed by atoms with E-state index in [1.165, 1.54) is 0 Å². The SMILES string of the molecule is Cc1c(C(C)NC(=O)C2(N)CCOC2)cnn1C. The maximum Gasteiger partial charge on any atom is 0.243 e. The highest BCUT2D eigenvalue weighted by atomic mass is 16.5. The van der Waals surface area contributed by atoms with Crippen LogP contribution < -0.4 is 11.1 Å². The highest BCUT2D eigenvalue weighted by molar-refractivity contribution is 5.86. The third kappa shape index (κ3) is 2.26. The van der Waals surface area contributed by atoms with Gasteiger partial charge in [-0.1, -0.05) is 0 Å². The molecule has 2 atom stereocenters. The molecule has 1 saturated heterocycles. The molecule has 0 spiro atoms. The van der Waals surface area contributed by atoms with E-state index in [1.54, 1.807) is 10.9 Å². The lowest BCUT2D eigenvalue weighted by molar-refractivity contribution is -0.127. The molecule has 1 aliphatic rings. The van der Waals surface area contributed by atoms with Crippen LogP contribution >= 0.6 is 0 Å². The highest BCUT2D eigenvalue weighted by Crippen LogP contribution is 2.20. The Morgan fingerprint density at radius 1 is 1.72 bits per heavy atom. The van der Waals surface area contributed by atoms with Crippen LogP contribution in [0.1, 0.15) is 30.6 Å². The van der Waals surface area contributed by atoms with Gasteiger partial charge < -0.3 is 15.8 Å². The summed E-state index contributed by atoms with van der Waals surface area (Å²) < 4.78 is 6.98. The van der Waals surface area contributed by atoms with Crippen molar-refractivity contribution in [2.75, 3.05) is 13.2 Å². The number of nitrogens with zero attached hydrogens (tertiary/aromatic N) is 2. The first-order chi connectivity index (χ1) is 8.44. The van der Waals surface area contributed by atoms with Crippen LogP contribution in [0.25, 0.3) is 0 Å². The molecule has 1 amide bonds. The number of hydrogen-bond acceptors (Lipinski definition) is 4. The number of nitrogens with two attached hydrogens (primary N) is 1. The summed E-state index contributed by atoms with van der Waals surface area (Å²) in [5.41, 5.74) is 7.18. The van der Waals surface area contributed by atoms with Crippen molar-refractivity contribution in [1.82, 2.24) is 15.1 Å². The number of aromatic nitrogens is 2. The predicted octanol–water partition coefficient (Wildman–Crippen LogP) is 0.0235. The normalized spacial score (nSPS) is 25.1. The maximum absolute atomic E-state index is 12.1. The Morgan fingerprint density at radius 2 is 2.44 bits per heavy atom. The summed E-state index contributed by atoms with van der Waals surface area (Å²) in [5, 5.41) is 7.10. The van der Waals surface area contributed by atoms with Crippen molar-refractivity contribution in [3.05, 3.63) is 17.5 Å². The van der Waals surface area contributed by atoms with Gasteiger partial charge in [0.2, 0.25) is 5.91 Å². The average Bonchev–Trinajstić information content (AvgIpc) is 2.89. The van der Waals surface area contributed by atoms with Crippen LogP contribution in [0.5, 0.6) is 0 Å². The molecular weight excluding hydrogens is 232 g/mol. The van der Waals surface area contributed by atoms with Crippen molar-refractivity contribution >= 4 is 5.91 Å². The lowest BCUT2D eigenvalue weighted by Gasteiger charge is -2.23. The van der Waals surface area contributed by atoms with Crippen molar-refractivity contribution in [1.29, 1.82) is 0 Å². The fraction of sp³-hybridized carbons (Fsp3) is 0.667. The van der Waals surface area contributed by atoms with E-state index in [2.05, 4.69) is 10.4 Å². The molecule has 0 aromatic carbocycles. The number of carbonyl (C=O) groups excluding carboxylic acids is 1. The minimum absolute atomic E-state index is 0.104. The van der Waals surface area contributed by atoms with E-state index < -0.39 is 5.54 Å². The topological polar surface area (TPSA) is 82.2 Å². The molecular formula is C12H20N4O2. The van der Waals surface area contributed by atoms with Crippen LogP contribution in [0.15, 0.2) is 6.20 Å². The Kier molecular flexibility index (Phi) is 3.41. The minimum atomic E-state index is -0.885. The van der Waals surface area contributed by atoms with Crippen LogP contribution in [-0.4, -0.2) is 34.4 Å². The second-order valence-electron chi connectivity index (χ2n) is 4.96. The van der Waals surface area contributed by atoms with Crippen molar-refractivity contribution in [2.24, 2.45) is 12.8 Å². The molecule has 0 bridgehead atoms. The third-order valence-corrected chi connectivity index (χ3v) is 3.59. The van der Waals surface area contributed by atoms with Crippen molar-refractivity contribution in [2.45, 2.75) is 31.8 Å². The van der Waals surface area contributed by atoms with Gasteiger partial charge in [-0.25, -0.2) is 0 Å². The van der Waals surface area contributed by atoms with Crippen LogP contribution in [0, 0.1) is 6.92 Å². The first kappa shape index (κ1) is 13.0. The molecule has 2 rings (SSSR count). The van der Waals surface area contributed by atoms with Gasteiger partial charge in [-0.2, -0.15) is 5.10 Å². The van der Waals surface area contributed by atoms with Crippen LogP contribution in [-0.2, 0) is 16.6 Å². The molecule has 6 heteroatoms. The minimum Gasteiger partial charge on any atom is -0.379 e. The Labute approximate surface area is 106 Å². The molecule has 100 valence electrons. The molecule has 6 nitrogen and oxygen atoms in total. The van der Waals surface area contributed by atoms with E-state index in [9.17, 15) is 4.79 Å². The second kappa shape index (κ2) is 4.70. The molecule has 0 aliphatic carbocycles. The number of amides is 1. The average molecular weight is 252 g/mol. The fourth-order valence-corrected chi connectivity index (χ4v) is 2.12. The monoisotopic (exact) mass is 252 g/mol. The zero-order valence-corrected chi connectivity index (χ0v) is 11.1. The van der Waals surface area contributed by atoms with Crippen LogP contribution in [0.3, 0.4) is 0 Å². The Hall–Kier alpha value is -1.40.